The normalized spacial score (nSPS) is 20.8. The van der Waals surface area contributed by atoms with Crippen molar-refractivity contribution in [3.63, 3.8) is 0 Å². The van der Waals surface area contributed by atoms with Gasteiger partial charge in [-0.2, -0.15) is 0 Å². The lowest BCUT2D eigenvalue weighted by atomic mass is 9.77. The van der Waals surface area contributed by atoms with E-state index in [0.29, 0.717) is 22.3 Å². The van der Waals surface area contributed by atoms with E-state index in [4.69, 9.17) is 4.74 Å². The van der Waals surface area contributed by atoms with Gasteiger partial charge >= 0.3 is 0 Å². The first-order valence-corrected chi connectivity index (χ1v) is 7.96. The topological polar surface area (TPSA) is 110 Å². The van der Waals surface area contributed by atoms with Gasteiger partial charge in [-0.3, -0.25) is 4.79 Å². The first kappa shape index (κ1) is 15.6. The molecular formula is C19H17O6-. The maximum Gasteiger partial charge on any atom is 0.235 e. The second-order valence-electron chi connectivity index (χ2n) is 7.25. The van der Waals surface area contributed by atoms with Crippen molar-refractivity contribution in [3.8, 4) is 17.2 Å². The number of Topliss-reactive ketones (excluding diaryl/α,β-unsaturated/α-hetero) is 1. The van der Waals surface area contributed by atoms with Crippen LogP contribution in [0.3, 0.4) is 0 Å². The first-order valence-electron chi connectivity index (χ1n) is 7.96. The number of aromatic hydroxyl groups is 1. The lowest BCUT2D eigenvalue weighted by Crippen LogP contribution is -2.29. The molecule has 6 heteroatoms. The summed E-state index contributed by atoms with van der Waals surface area (Å²) >= 11 is 0. The standard InChI is InChI=1S/C19H18O6/c1-6-5-8(20)10-11-9(6)18-13(19(3,4)7(2)25-18)14(21)12(11)16(23)17(24)15(10)22/h5,7,20-21,23-24H,1-4H3/p-1/t7-/m1/s1. The van der Waals surface area contributed by atoms with Crippen molar-refractivity contribution in [2.45, 2.75) is 39.2 Å². The van der Waals surface area contributed by atoms with Crippen molar-refractivity contribution >= 4 is 22.3 Å². The highest BCUT2D eigenvalue weighted by molar-refractivity contribution is 6.26. The number of hydrogen-bond donors (Lipinski definition) is 3. The number of carbonyl (C=O) groups excluding carboxylic acids is 1. The lowest BCUT2D eigenvalue weighted by Gasteiger charge is -2.30. The fourth-order valence-electron chi connectivity index (χ4n) is 3.84. The number of fused-ring (bicyclic) bond motifs is 2. The van der Waals surface area contributed by atoms with Crippen LogP contribution in [-0.2, 0) is 5.41 Å². The summed E-state index contributed by atoms with van der Waals surface area (Å²) in [6.45, 7) is 7.31. The zero-order valence-electron chi connectivity index (χ0n) is 14.2. The van der Waals surface area contributed by atoms with Crippen molar-refractivity contribution in [1.29, 1.82) is 0 Å². The molecule has 0 aromatic heterocycles. The molecule has 2 aromatic carbocycles. The molecule has 2 aliphatic rings. The fraction of sp³-hybridized carbons (Fsp3) is 0.316. The molecule has 130 valence electrons. The van der Waals surface area contributed by atoms with Crippen LogP contribution < -0.4 is 9.84 Å². The maximum atomic E-state index is 13.2. The second-order valence-corrected chi connectivity index (χ2v) is 7.25. The molecule has 2 aromatic rings. The van der Waals surface area contributed by atoms with Gasteiger partial charge in [0, 0.05) is 21.8 Å². The third kappa shape index (κ3) is 1.61. The number of aryl methyl sites for hydroxylation is 1. The molecule has 0 unspecified atom stereocenters. The van der Waals surface area contributed by atoms with Gasteiger partial charge in [0.15, 0.2) is 5.76 Å². The molecular weight excluding hydrogens is 324 g/mol. The summed E-state index contributed by atoms with van der Waals surface area (Å²) in [5.74, 6) is -3.08. The van der Waals surface area contributed by atoms with E-state index in [-0.39, 0.29) is 28.4 Å². The highest BCUT2D eigenvalue weighted by atomic mass is 16.5. The maximum absolute atomic E-state index is 13.2. The van der Waals surface area contributed by atoms with E-state index in [1.165, 1.54) is 6.07 Å². The van der Waals surface area contributed by atoms with Crippen LogP contribution in [0.5, 0.6) is 17.2 Å². The zero-order valence-corrected chi connectivity index (χ0v) is 14.2. The van der Waals surface area contributed by atoms with Crippen LogP contribution in [0.2, 0.25) is 0 Å². The quantitative estimate of drug-likeness (QED) is 0.679. The zero-order chi connectivity index (χ0) is 18.4. The van der Waals surface area contributed by atoms with Gasteiger partial charge in [-0.1, -0.05) is 19.6 Å². The minimum absolute atomic E-state index is 0.131. The second kappa shape index (κ2) is 4.39. The third-order valence-corrected chi connectivity index (χ3v) is 5.52. The number of aliphatic hydroxyl groups excluding tert-OH is 2. The molecule has 0 fully saturated rings. The van der Waals surface area contributed by atoms with Crippen LogP contribution in [0.25, 0.3) is 16.5 Å². The van der Waals surface area contributed by atoms with Gasteiger partial charge in [-0.15, -0.1) is 0 Å². The van der Waals surface area contributed by atoms with Gasteiger partial charge in [-0.25, -0.2) is 0 Å². The van der Waals surface area contributed by atoms with Crippen molar-refractivity contribution < 1.29 is 30.0 Å². The van der Waals surface area contributed by atoms with E-state index >= 15 is 0 Å². The Morgan fingerprint density at radius 2 is 1.76 bits per heavy atom. The Morgan fingerprint density at radius 3 is 2.40 bits per heavy atom. The van der Waals surface area contributed by atoms with Crippen molar-refractivity contribution in [2.75, 3.05) is 0 Å². The number of ether oxygens (including phenoxy) is 1. The number of rotatable bonds is 0. The highest BCUT2D eigenvalue weighted by Gasteiger charge is 2.43. The number of benzene rings is 2. The van der Waals surface area contributed by atoms with Crippen molar-refractivity contribution in [3.05, 3.63) is 34.1 Å². The number of aliphatic hydroxyl groups is 2. The van der Waals surface area contributed by atoms with Crippen LogP contribution in [0.1, 0.15) is 47.8 Å². The Labute approximate surface area is 143 Å². The molecule has 1 atom stereocenters. The predicted octanol–water partition coefficient (Wildman–Crippen LogP) is 2.97. The van der Waals surface area contributed by atoms with Gasteiger partial charge < -0.3 is 25.2 Å². The predicted molar refractivity (Wildman–Crippen MR) is 89.4 cm³/mol. The van der Waals surface area contributed by atoms with Gasteiger partial charge in [0.1, 0.15) is 17.6 Å². The molecule has 1 aliphatic carbocycles. The fourth-order valence-corrected chi connectivity index (χ4v) is 3.84. The Balaban J connectivity index is 2.34. The summed E-state index contributed by atoms with van der Waals surface area (Å²) in [5, 5.41) is 44.3. The molecule has 0 bridgehead atoms. The molecule has 1 aliphatic heterocycles. The van der Waals surface area contributed by atoms with Crippen molar-refractivity contribution in [1.82, 2.24) is 0 Å². The smallest absolute Gasteiger partial charge is 0.235 e. The molecule has 0 saturated heterocycles. The summed E-state index contributed by atoms with van der Waals surface area (Å²) in [5.41, 5.74) is 0.0489. The number of phenolic OH excluding ortho intramolecular Hbond substituents is 1. The monoisotopic (exact) mass is 341 g/mol. The Morgan fingerprint density at radius 1 is 1.12 bits per heavy atom. The Bertz CT molecular complexity index is 1030. The Kier molecular flexibility index (Phi) is 2.74. The number of hydrogen-bond acceptors (Lipinski definition) is 6. The van der Waals surface area contributed by atoms with E-state index in [0.717, 1.165) is 0 Å². The molecule has 4 rings (SSSR count). The average Bonchev–Trinajstić information content (AvgIpc) is 2.74. The van der Waals surface area contributed by atoms with Gasteiger partial charge in [0.05, 0.1) is 5.56 Å². The number of carbonyl (C=O) groups is 1. The van der Waals surface area contributed by atoms with Gasteiger partial charge in [-0.05, 0) is 31.0 Å². The van der Waals surface area contributed by atoms with E-state index in [9.17, 15) is 25.2 Å². The highest BCUT2D eigenvalue weighted by Crippen LogP contribution is 2.56. The molecule has 0 saturated carbocycles. The van der Waals surface area contributed by atoms with Crippen LogP contribution in [0.4, 0.5) is 0 Å². The van der Waals surface area contributed by atoms with E-state index < -0.39 is 28.5 Å². The number of phenols is 1. The SMILES string of the molecule is Cc1cc(O)c2c3c(c([O-])c4c(c13)O[C@H](C)C4(C)C)C(O)=C(O)C2=O. The van der Waals surface area contributed by atoms with Crippen molar-refractivity contribution in [2.24, 2.45) is 0 Å². The van der Waals surface area contributed by atoms with E-state index in [1.54, 1.807) is 6.92 Å². The summed E-state index contributed by atoms with van der Waals surface area (Å²) in [4.78, 5) is 12.4. The average molecular weight is 341 g/mol. The Hall–Kier alpha value is -2.89. The molecule has 1 heterocycles. The summed E-state index contributed by atoms with van der Waals surface area (Å²) < 4.78 is 5.96. The van der Waals surface area contributed by atoms with E-state index in [2.05, 4.69) is 0 Å². The molecule has 0 amide bonds. The minimum Gasteiger partial charge on any atom is -0.872 e. The summed E-state index contributed by atoms with van der Waals surface area (Å²) in [6, 6.07) is 1.40. The largest absolute Gasteiger partial charge is 0.872 e. The summed E-state index contributed by atoms with van der Waals surface area (Å²) in [7, 11) is 0. The molecule has 6 nitrogen and oxygen atoms in total. The molecule has 3 N–H and O–H groups in total. The van der Waals surface area contributed by atoms with Crippen LogP contribution in [0.15, 0.2) is 11.8 Å². The number of allylic oxidation sites excluding steroid dienone is 1. The molecule has 25 heavy (non-hydrogen) atoms. The molecule has 0 spiro atoms. The van der Waals surface area contributed by atoms with E-state index in [1.807, 2.05) is 20.8 Å². The molecule has 0 radical (unpaired) electrons. The number of ketones is 1. The third-order valence-electron chi connectivity index (χ3n) is 5.52. The van der Waals surface area contributed by atoms with Gasteiger partial charge in [0.2, 0.25) is 11.5 Å². The van der Waals surface area contributed by atoms with Crippen LogP contribution in [0, 0.1) is 6.92 Å². The minimum atomic E-state index is -0.935. The summed E-state index contributed by atoms with van der Waals surface area (Å²) in [6.07, 6.45) is -0.290. The van der Waals surface area contributed by atoms with Gasteiger partial charge in [0.25, 0.3) is 0 Å². The van der Waals surface area contributed by atoms with Crippen LogP contribution >= 0.6 is 0 Å². The lowest BCUT2D eigenvalue weighted by molar-refractivity contribution is -0.270. The van der Waals surface area contributed by atoms with Crippen LogP contribution in [-0.4, -0.2) is 27.2 Å². The first-order chi connectivity index (χ1) is 11.6.